The van der Waals surface area contributed by atoms with E-state index in [0.717, 1.165) is 30.4 Å². The number of hydrogen-bond donors (Lipinski definition) is 1. The van der Waals surface area contributed by atoms with Gasteiger partial charge in [0, 0.05) is 29.0 Å². The smallest absolute Gasteiger partial charge is 0.270 e. The van der Waals surface area contributed by atoms with Crippen molar-refractivity contribution in [2.24, 2.45) is 5.92 Å². The number of aromatic amines is 1. The maximum absolute atomic E-state index is 12.5. The van der Waals surface area contributed by atoms with Gasteiger partial charge in [0.05, 0.1) is 0 Å². The molecule has 1 fully saturated rings. The van der Waals surface area contributed by atoms with E-state index in [1.807, 2.05) is 29.2 Å². The molecule has 1 atom stereocenters. The van der Waals surface area contributed by atoms with E-state index in [1.54, 1.807) is 0 Å². The first-order chi connectivity index (χ1) is 9.13. The number of benzene rings is 1. The van der Waals surface area contributed by atoms with Crippen molar-refractivity contribution in [3.8, 4) is 0 Å². The zero-order valence-corrected chi connectivity index (χ0v) is 11.7. The topological polar surface area (TPSA) is 36.1 Å². The molecule has 1 amide bonds. The largest absolute Gasteiger partial charge is 0.351 e. The Morgan fingerprint density at radius 1 is 1.42 bits per heavy atom. The molecule has 1 saturated heterocycles. The lowest BCUT2D eigenvalue weighted by atomic mass is 10.00. The standard InChI is InChI=1S/C15H17ClN2O/c1-10-3-2-6-18(9-10)15(19)14-8-11-7-12(16)4-5-13(11)17-14/h4-5,7-8,10,17H,2-3,6,9H2,1H3. The van der Waals surface area contributed by atoms with Crippen molar-refractivity contribution in [3.05, 3.63) is 35.0 Å². The molecule has 1 aliphatic rings. The maximum Gasteiger partial charge on any atom is 0.270 e. The first-order valence-electron chi connectivity index (χ1n) is 6.71. The van der Waals surface area contributed by atoms with Gasteiger partial charge in [-0.2, -0.15) is 0 Å². The van der Waals surface area contributed by atoms with Crippen molar-refractivity contribution in [2.75, 3.05) is 13.1 Å². The van der Waals surface area contributed by atoms with E-state index in [2.05, 4.69) is 11.9 Å². The minimum absolute atomic E-state index is 0.0962. The third-order valence-electron chi connectivity index (χ3n) is 3.76. The highest BCUT2D eigenvalue weighted by Gasteiger charge is 2.23. The Kier molecular flexibility index (Phi) is 3.23. The molecule has 19 heavy (non-hydrogen) atoms. The summed E-state index contributed by atoms with van der Waals surface area (Å²) in [5, 5.41) is 1.68. The van der Waals surface area contributed by atoms with E-state index >= 15 is 0 Å². The van der Waals surface area contributed by atoms with Crippen molar-refractivity contribution in [1.29, 1.82) is 0 Å². The van der Waals surface area contributed by atoms with Crippen molar-refractivity contribution in [3.63, 3.8) is 0 Å². The quantitative estimate of drug-likeness (QED) is 0.847. The Bertz CT molecular complexity index is 620. The summed E-state index contributed by atoms with van der Waals surface area (Å²) in [6.45, 7) is 3.92. The second-order valence-electron chi connectivity index (χ2n) is 5.41. The second kappa shape index (κ2) is 4.89. The second-order valence-corrected chi connectivity index (χ2v) is 5.85. The number of halogens is 1. The minimum Gasteiger partial charge on any atom is -0.351 e. The number of nitrogens with zero attached hydrogens (tertiary/aromatic N) is 1. The van der Waals surface area contributed by atoms with Gasteiger partial charge < -0.3 is 9.88 Å². The van der Waals surface area contributed by atoms with E-state index in [0.29, 0.717) is 16.6 Å². The van der Waals surface area contributed by atoms with Crippen molar-refractivity contribution in [2.45, 2.75) is 19.8 Å². The van der Waals surface area contributed by atoms with Crippen LogP contribution in [0, 0.1) is 5.92 Å². The van der Waals surface area contributed by atoms with Crippen LogP contribution in [0.3, 0.4) is 0 Å². The molecule has 1 aromatic carbocycles. The molecular weight excluding hydrogens is 260 g/mol. The van der Waals surface area contributed by atoms with E-state index in [-0.39, 0.29) is 5.91 Å². The van der Waals surface area contributed by atoms with Crippen LogP contribution >= 0.6 is 11.6 Å². The Hall–Kier alpha value is -1.48. The molecule has 3 nitrogen and oxygen atoms in total. The number of nitrogens with one attached hydrogen (secondary N) is 1. The number of H-pyrrole nitrogens is 1. The molecule has 1 unspecified atom stereocenters. The number of hydrogen-bond acceptors (Lipinski definition) is 1. The highest BCUT2D eigenvalue weighted by molar-refractivity contribution is 6.31. The molecular formula is C15H17ClN2O. The molecule has 0 aliphatic carbocycles. The molecule has 100 valence electrons. The Labute approximate surface area is 117 Å². The van der Waals surface area contributed by atoms with Crippen LogP contribution in [-0.2, 0) is 0 Å². The van der Waals surface area contributed by atoms with Gasteiger partial charge in [-0.15, -0.1) is 0 Å². The zero-order chi connectivity index (χ0) is 13.4. The van der Waals surface area contributed by atoms with E-state index < -0.39 is 0 Å². The summed E-state index contributed by atoms with van der Waals surface area (Å²) in [6, 6.07) is 7.51. The van der Waals surface area contributed by atoms with Gasteiger partial charge in [-0.3, -0.25) is 4.79 Å². The van der Waals surface area contributed by atoms with Crippen LogP contribution in [0.1, 0.15) is 30.3 Å². The number of carbonyl (C=O) groups excluding carboxylic acids is 1. The van der Waals surface area contributed by atoms with Crippen molar-refractivity contribution < 1.29 is 4.79 Å². The highest BCUT2D eigenvalue weighted by atomic mass is 35.5. The van der Waals surface area contributed by atoms with Gasteiger partial charge in [0.2, 0.25) is 0 Å². The predicted octanol–water partition coefficient (Wildman–Crippen LogP) is 3.69. The molecule has 4 heteroatoms. The number of piperidine rings is 1. The maximum atomic E-state index is 12.5. The van der Waals surface area contributed by atoms with Gasteiger partial charge in [0.15, 0.2) is 0 Å². The van der Waals surface area contributed by atoms with Crippen LogP contribution in [0.2, 0.25) is 5.02 Å². The summed E-state index contributed by atoms with van der Waals surface area (Å²) in [7, 11) is 0. The van der Waals surface area contributed by atoms with Crippen LogP contribution in [0.4, 0.5) is 0 Å². The number of aromatic nitrogens is 1. The number of amides is 1. The van der Waals surface area contributed by atoms with Gasteiger partial charge in [-0.1, -0.05) is 18.5 Å². The van der Waals surface area contributed by atoms with Crippen molar-refractivity contribution >= 4 is 28.4 Å². The van der Waals surface area contributed by atoms with Gasteiger partial charge >= 0.3 is 0 Å². The van der Waals surface area contributed by atoms with Crippen LogP contribution in [-0.4, -0.2) is 28.9 Å². The summed E-state index contributed by atoms with van der Waals surface area (Å²) >= 11 is 5.97. The predicted molar refractivity (Wildman–Crippen MR) is 77.6 cm³/mol. The first-order valence-corrected chi connectivity index (χ1v) is 7.09. The van der Waals surface area contributed by atoms with Crippen LogP contribution < -0.4 is 0 Å². The summed E-state index contributed by atoms with van der Waals surface area (Å²) in [6.07, 6.45) is 2.31. The van der Waals surface area contributed by atoms with E-state index in [1.165, 1.54) is 6.42 Å². The Balaban J connectivity index is 1.88. The lowest BCUT2D eigenvalue weighted by molar-refractivity contribution is 0.0678. The lowest BCUT2D eigenvalue weighted by Crippen LogP contribution is -2.39. The molecule has 3 rings (SSSR count). The van der Waals surface area contributed by atoms with E-state index in [9.17, 15) is 4.79 Å². The lowest BCUT2D eigenvalue weighted by Gasteiger charge is -2.30. The molecule has 0 saturated carbocycles. The van der Waals surface area contributed by atoms with Crippen molar-refractivity contribution in [1.82, 2.24) is 9.88 Å². The molecule has 0 bridgehead atoms. The van der Waals surface area contributed by atoms with Crippen LogP contribution in [0.15, 0.2) is 24.3 Å². The van der Waals surface area contributed by atoms with Gasteiger partial charge in [0.25, 0.3) is 5.91 Å². The fourth-order valence-electron chi connectivity index (χ4n) is 2.76. The fraction of sp³-hybridized carbons (Fsp3) is 0.400. The molecule has 0 radical (unpaired) electrons. The molecule has 2 aromatic rings. The summed E-state index contributed by atoms with van der Waals surface area (Å²) < 4.78 is 0. The molecule has 0 spiro atoms. The van der Waals surface area contributed by atoms with Gasteiger partial charge in [0.1, 0.15) is 5.69 Å². The SMILES string of the molecule is CC1CCCN(C(=O)c2cc3cc(Cl)ccc3[nH]2)C1. The fourth-order valence-corrected chi connectivity index (χ4v) is 2.94. The van der Waals surface area contributed by atoms with Gasteiger partial charge in [-0.25, -0.2) is 0 Å². The average molecular weight is 277 g/mol. The molecule has 1 aliphatic heterocycles. The zero-order valence-electron chi connectivity index (χ0n) is 10.9. The Morgan fingerprint density at radius 3 is 3.05 bits per heavy atom. The summed E-state index contributed by atoms with van der Waals surface area (Å²) in [5.74, 6) is 0.690. The third kappa shape index (κ3) is 2.47. The number of fused-ring (bicyclic) bond motifs is 1. The highest BCUT2D eigenvalue weighted by Crippen LogP contribution is 2.22. The first kappa shape index (κ1) is 12.5. The van der Waals surface area contributed by atoms with E-state index in [4.69, 9.17) is 11.6 Å². The van der Waals surface area contributed by atoms with Gasteiger partial charge in [-0.05, 0) is 43.0 Å². The number of rotatable bonds is 1. The number of carbonyl (C=O) groups is 1. The van der Waals surface area contributed by atoms with Crippen LogP contribution in [0.25, 0.3) is 10.9 Å². The van der Waals surface area contributed by atoms with Crippen LogP contribution in [0.5, 0.6) is 0 Å². The summed E-state index contributed by atoms with van der Waals surface area (Å²) in [5.41, 5.74) is 1.61. The normalized spacial score (nSPS) is 19.9. The molecule has 1 aromatic heterocycles. The minimum atomic E-state index is 0.0962. The summed E-state index contributed by atoms with van der Waals surface area (Å²) in [4.78, 5) is 17.6. The Morgan fingerprint density at radius 2 is 2.26 bits per heavy atom. The number of likely N-dealkylation sites (tertiary alicyclic amines) is 1. The average Bonchev–Trinajstić information content (AvgIpc) is 2.80. The molecule has 1 N–H and O–H groups in total. The third-order valence-corrected chi connectivity index (χ3v) is 3.99. The monoisotopic (exact) mass is 276 g/mol. The molecule has 2 heterocycles.